The summed E-state index contributed by atoms with van der Waals surface area (Å²) >= 11 is 3.14. The van der Waals surface area contributed by atoms with E-state index in [1.165, 1.54) is 16.9 Å². The van der Waals surface area contributed by atoms with Gasteiger partial charge in [0, 0.05) is 28.6 Å². The third kappa shape index (κ3) is 4.32. The standard InChI is InChI=1S/C21H17N3O2S2/c1-26-16-6-9-18-19(11-16)28-21(23-18)24-20(25)15-4-7-17(8-5-15)27-13-14-3-2-10-22-12-14/h2-12H,13H2,1H3,(H,23,24,25). The van der Waals surface area contributed by atoms with E-state index in [1.807, 2.05) is 54.7 Å². The normalized spacial score (nSPS) is 10.8. The first kappa shape index (κ1) is 18.5. The van der Waals surface area contributed by atoms with E-state index in [2.05, 4.69) is 21.4 Å². The monoisotopic (exact) mass is 407 g/mol. The van der Waals surface area contributed by atoms with Gasteiger partial charge in [-0.1, -0.05) is 17.4 Å². The molecule has 0 saturated heterocycles. The molecule has 4 aromatic rings. The van der Waals surface area contributed by atoms with Gasteiger partial charge in [-0.15, -0.1) is 11.8 Å². The molecule has 140 valence electrons. The Morgan fingerprint density at radius 3 is 2.79 bits per heavy atom. The van der Waals surface area contributed by atoms with Crippen LogP contribution in [-0.2, 0) is 5.75 Å². The first-order valence-electron chi connectivity index (χ1n) is 8.59. The SMILES string of the molecule is COc1ccc2nc(NC(=O)c3ccc(SCc4cccnc4)cc3)sc2c1. The van der Waals surface area contributed by atoms with Gasteiger partial charge in [-0.05, 0) is 54.1 Å². The molecule has 0 aliphatic rings. The van der Waals surface area contributed by atoms with Crippen molar-refractivity contribution in [1.29, 1.82) is 0 Å². The maximum atomic E-state index is 12.5. The Bertz CT molecular complexity index is 1100. The number of methoxy groups -OCH3 is 1. The fourth-order valence-electron chi connectivity index (χ4n) is 2.61. The Hall–Kier alpha value is -2.90. The van der Waals surface area contributed by atoms with Crippen LogP contribution in [0.4, 0.5) is 5.13 Å². The second kappa shape index (κ2) is 8.41. The van der Waals surface area contributed by atoms with Crippen LogP contribution in [0, 0.1) is 0 Å². The summed E-state index contributed by atoms with van der Waals surface area (Å²) in [4.78, 5) is 22.2. The van der Waals surface area contributed by atoms with Gasteiger partial charge in [-0.2, -0.15) is 0 Å². The van der Waals surface area contributed by atoms with Gasteiger partial charge >= 0.3 is 0 Å². The lowest BCUT2D eigenvalue weighted by molar-refractivity contribution is 0.102. The highest BCUT2D eigenvalue weighted by Gasteiger charge is 2.11. The zero-order valence-corrected chi connectivity index (χ0v) is 16.7. The van der Waals surface area contributed by atoms with Crippen molar-refractivity contribution in [2.24, 2.45) is 0 Å². The molecule has 1 amide bonds. The summed E-state index contributed by atoms with van der Waals surface area (Å²) < 4.78 is 6.20. The molecule has 0 radical (unpaired) electrons. The Labute approximate surface area is 170 Å². The van der Waals surface area contributed by atoms with Crippen molar-refractivity contribution in [3.8, 4) is 5.75 Å². The highest BCUT2D eigenvalue weighted by atomic mass is 32.2. The number of anilines is 1. The van der Waals surface area contributed by atoms with Crippen molar-refractivity contribution in [1.82, 2.24) is 9.97 Å². The Balaban J connectivity index is 1.40. The number of thiazole rings is 1. The molecule has 0 spiro atoms. The lowest BCUT2D eigenvalue weighted by Crippen LogP contribution is -2.11. The fraction of sp³-hybridized carbons (Fsp3) is 0.0952. The van der Waals surface area contributed by atoms with E-state index in [9.17, 15) is 4.79 Å². The minimum atomic E-state index is -0.171. The van der Waals surface area contributed by atoms with E-state index in [4.69, 9.17) is 4.74 Å². The van der Waals surface area contributed by atoms with Crippen molar-refractivity contribution < 1.29 is 9.53 Å². The number of carbonyl (C=O) groups is 1. The maximum Gasteiger partial charge on any atom is 0.257 e. The summed E-state index contributed by atoms with van der Waals surface area (Å²) in [5, 5.41) is 3.45. The molecule has 2 aromatic heterocycles. The van der Waals surface area contributed by atoms with Gasteiger partial charge in [0.25, 0.3) is 5.91 Å². The van der Waals surface area contributed by atoms with Crippen LogP contribution in [0.15, 0.2) is 71.9 Å². The molecule has 1 N–H and O–H groups in total. The minimum absolute atomic E-state index is 0.171. The van der Waals surface area contributed by atoms with Crippen molar-refractivity contribution in [3.63, 3.8) is 0 Å². The van der Waals surface area contributed by atoms with Crippen LogP contribution >= 0.6 is 23.1 Å². The molecule has 7 heteroatoms. The van der Waals surface area contributed by atoms with Gasteiger partial charge in [0.2, 0.25) is 0 Å². The Morgan fingerprint density at radius 2 is 2.04 bits per heavy atom. The first-order chi connectivity index (χ1) is 13.7. The highest BCUT2D eigenvalue weighted by molar-refractivity contribution is 7.98. The third-order valence-corrected chi connectivity index (χ3v) is 6.08. The fourth-order valence-corrected chi connectivity index (χ4v) is 4.33. The molecule has 2 aromatic carbocycles. The molecule has 0 atom stereocenters. The molecule has 0 aliphatic carbocycles. The molecular formula is C21H17N3O2S2. The molecular weight excluding hydrogens is 390 g/mol. The lowest BCUT2D eigenvalue weighted by atomic mass is 10.2. The molecule has 0 bridgehead atoms. The van der Waals surface area contributed by atoms with Crippen LogP contribution in [0.5, 0.6) is 5.75 Å². The van der Waals surface area contributed by atoms with Crippen molar-refractivity contribution in [3.05, 3.63) is 78.1 Å². The number of hydrogen-bond acceptors (Lipinski definition) is 6. The van der Waals surface area contributed by atoms with Crippen LogP contribution in [0.3, 0.4) is 0 Å². The predicted octanol–water partition coefficient (Wildman–Crippen LogP) is 5.24. The van der Waals surface area contributed by atoms with Gasteiger partial charge in [0.05, 0.1) is 17.3 Å². The summed E-state index contributed by atoms with van der Waals surface area (Å²) in [7, 11) is 1.63. The van der Waals surface area contributed by atoms with Gasteiger partial charge in [-0.3, -0.25) is 15.1 Å². The van der Waals surface area contributed by atoms with E-state index in [0.29, 0.717) is 10.7 Å². The zero-order chi connectivity index (χ0) is 19.3. The number of carbonyl (C=O) groups excluding carboxylic acids is 1. The van der Waals surface area contributed by atoms with Crippen molar-refractivity contribution >= 4 is 44.4 Å². The Morgan fingerprint density at radius 1 is 1.18 bits per heavy atom. The van der Waals surface area contributed by atoms with E-state index < -0.39 is 0 Å². The molecule has 2 heterocycles. The quantitative estimate of drug-likeness (QED) is 0.443. The van der Waals surface area contributed by atoms with Gasteiger partial charge < -0.3 is 4.74 Å². The first-order valence-corrected chi connectivity index (χ1v) is 10.4. The van der Waals surface area contributed by atoms with E-state index >= 15 is 0 Å². The molecule has 5 nitrogen and oxygen atoms in total. The second-order valence-corrected chi connectivity index (χ2v) is 8.06. The largest absolute Gasteiger partial charge is 0.497 e. The number of ether oxygens (including phenoxy) is 1. The molecule has 28 heavy (non-hydrogen) atoms. The van der Waals surface area contributed by atoms with Gasteiger partial charge in [-0.25, -0.2) is 4.98 Å². The molecule has 0 unspecified atom stereocenters. The Kier molecular flexibility index (Phi) is 5.55. The number of benzene rings is 2. The number of aromatic nitrogens is 2. The molecule has 4 rings (SSSR count). The van der Waals surface area contributed by atoms with Crippen LogP contribution < -0.4 is 10.1 Å². The minimum Gasteiger partial charge on any atom is -0.497 e. The number of nitrogens with one attached hydrogen (secondary N) is 1. The second-order valence-electron chi connectivity index (χ2n) is 5.98. The topological polar surface area (TPSA) is 64.1 Å². The van der Waals surface area contributed by atoms with Crippen LogP contribution in [0.25, 0.3) is 10.2 Å². The third-order valence-electron chi connectivity index (χ3n) is 4.06. The zero-order valence-electron chi connectivity index (χ0n) is 15.1. The molecule has 0 fully saturated rings. The predicted molar refractivity (Wildman–Crippen MR) is 114 cm³/mol. The van der Waals surface area contributed by atoms with Gasteiger partial charge in [0.1, 0.15) is 5.75 Å². The number of thioether (sulfide) groups is 1. The number of amides is 1. The summed E-state index contributed by atoms with van der Waals surface area (Å²) in [5.74, 6) is 1.44. The van der Waals surface area contributed by atoms with Crippen LogP contribution in [0.1, 0.15) is 15.9 Å². The lowest BCUT2D eigenvalue weighted by Gasteiger charge is -2.04. The van der Waals surface area contributed by atoms with E-state index in [1.54, 1.807) is 25.1 Å². The number of nitrogens with zero attached hydrogens (tertiary/aromatic N) is 2. The van der Waals surface area contributed by atoms with Crippen LogP contribution in [-0.4, -0.2) is 23.0 Å². The van der Waals surface area contributed by atoms with E-state index in [0.717, 1.165) is 26.6 Å². The number of fused-ring (bicyclic) bond motifs is 1. The number of pyridine rings is 1. The highest BCUT2D eigenvalue weighted by Crippen LogP contribution is 2.29. The van der Waals surface area contributed by atoms with Crippen LogP contribution in [0.2, 0.25) is 0 Å². The average molecular weight is 408 g/mol. The summed E-state index contributed by atoms with van der Waals surface area (Å²) in [6.45, 7) is 0. The van der Waals surface area contributed by atoms with E-state index in [-0.39, 0.29) is 5.91 Å². The summed E-state index contributed by atoms with van der Waals surface area (Å²) in [6.07, 6.45) is 3.63. The summed E-state index contributed by atoms with van der Waals surface area (Å²) in [6, 6.07) is 17.2. The van der Waals surface area contributed by atoms with Gasteiger partial charge in [0.15, 0.2) is 5.13 Å². The average Bonchev–Trinajstić information content (AvgIpc) is 3.14. The van der Waals surface area contributed by atoms with Crippen molar-refractivity contribution in [2.45, 2.75) is 10.6 Å². The van der Waals surface area contributed by atoms with Crippen molar-refractivity contribution in [2.75, 3.05) is 12.4 Å². The smallest absolute Gasteiger partial charge is 0.257 e. The molecule has 0 saturated carbocycles. The number of hydrogen-bond donors (Lipinski definition) is 1. The number of rotatable bonds is 6. The summed E-state index contributed by atoms with van der Waals surface area (Å²) in [5.41, 5.74) is 2.60. The maximum absolute atomic E-state index is 12.5. The molecule has 0 aliphatic heterocycles.